The molecule has 1 amide bonds. The van der Waals surface area contributed by atoms with Crippen LogP contribution < -0.4 is 5.73 Å². The van der Waals surface area contributed by atoms with Gasteiger partial charge in [-0.15, -0.1) is 0 Å². The Hall–Kier alpha value is -0.830. The van der Waals surface area contributed by atoms with Gasteiger partial charge in [0.1, 0.15) is 0 Å². The maximum Gasteiger partial charge on any atom is 0.249 e. The molecule has 0 heterocycles. The molecule has 86 valence electrons. The zero-order chi connectivity index (χ0) is 11.4. The molecule has 1 fully saturated rings. The van der Waals surface area contributed by atoms with E-state index in [1.807, 2.05) is 31.9 Å². The van der Waals surface area contributed by atoms with Crippen molar-refractivity contribution in [3.05, 3.63) is 11.6 Å². The first-order valence-electron chi connectivity index (χ1n) is 5.72. The zero-order valence-electron chi connectivity index (χ0n) is 9.99. The Morgan fingerprint density at radius 1 is 1.33 bits per heavy atom. The maximum atomic E-state index is 11.9. The first-order valence-corrected chi connectivity index (χ1v) is 5.72. The molecule has 0 aromatic heterocycles. The largest absolute Gasteiger partial charge is 0.339 e. The molecule has 1 saturated carbocycles. The standard InChI is InChI=1S/C12H22N2O/c1-4-9(2)12(15)14(3)11-7-5-10(13)6-8-11/h4,10-11H,5-8,13H2,1-3H3/b9-4-. The van der Waals surface area contributed by atoms with Crippen LogP contribution in [-0.4, -0.2) is 29.9 Å². The Balaban J connectivity index is 2.53. The number of likely N-dealkylation sites (N-methyl/N-ethyl adjacent to an activating group) is 1. The molecule has 0 unspecified atom stereocenters. The molecular formula is C12H22N2O. The van der Waals surface area contributed by atoms with Gasteiger partial charge < -0.3 is 10.6 Å². The van der Waals surface area contributed by atoms with Crippen molar-refractivity contribution in [2.45, 2.75) is 51.6 Å². The second-order valence-corrected chi connectivity index (χ2v) is 4.46. The van der Waals surface area contributed by atoms with E-state index in [0.29, 0.717) is 12.1 Å². The molecule has 1 rings (SSSR count). The number of rotatable bonds is 2. The number of nitrogens with zero attached hydrogens (tertiary/aromatic N) is 1. The molecular weight excluding hydrogens is 188 g/mol. The molecule has 0 saturated heterocycles. The van der Waals surface area contributed by atoms with Crippen molar-refractivity contribution in [2.75, 3.05) is 7.05 Å². The van der Waals surface area contributed by atoms with Crippen LogP contribution in [0.3, 0.4) is 0 Å². The first kappa shape index (κ1) is 12.2. The quantitative estimate of drug-likeness (QED) is 0.705. The van der Waals surface area contributed by atoms with Crippen LogP contribution in [0.5, 0.6) is 0 Å². The molecule has 0 aliphatic heterocycles. The van der Waals surface area contributed by atoms with Crippen LogP contribution in [0.1, 0.15) is 39.5 Å². The van der Waals surface area contributed by atoms with Gasteiger partial charge in [-0.25, -0.2) is 0 Å². The van der Waals surface area contributed by atoms with E-state index in [1.54, 1.807) is 0 Å². The van der Waals surface area contributed by atoms with Crippen molar-refractivity contribution in [1.29, 1.82) is 0 Å². The van der Waals surface area contributed by atoms with Crippen molar-refractivity contribution in [1.82, 2.24) is 4.90 Å². The second kappa shape index (κ2) is 5.31. The van der Waals surface area contributed by atoms with E-state index in [-0.39, 0.29) is 5.91 Å². The molecule has 0 aromatic rings. The van der Waals surface area contributed by atoms with Crippen molar-refractivity contribution in [3.8, 4) is 0 Å². The average molecular weight is 210 g/mol. The predicted octanol–water partition coefficient (Wildman–Crippen LogP) is 1.68. The molecule has 1 aliphatic rings. The third-order valence-corrected chi connectivity index (χ3v) is 3.38. The monoisotopic (exact) mass is 210 g/mol. The number of hydrogen-bond acceptors (Lipinski definition) is 2. The van der Waals surface area contributed by atoms with Crippen molar-refractivity contribution in [3.63, 3.8) is 0 Å². The molecule has 3 nitrogen and oxygen atoms in total. The molecule has 0 radical (unpaired) electrons. The molecule has 3 heteroatoms. The molecule has 0 spiro atoms. The van der Waals surface area contributed by atoms with Crippen LogP contribution in [-0.2, 0) is 4.79 Å². The van der Waals surface area contributed by atoms with E-state index < -0.39 is 0 Å². The minimum absolute atomic E-state index is 0.151. The Morgan fingerprint density at radius 3 is 2.33 bits per heavy atom. The van der Waals surface area contributed by atoms with Crippen LogP contribution in [0, 0.1) is 0 Å². The normalized spacial score (nSPS) is 27.6. The summed E-state index contributed by atoms with van der Waals surface area (Å²) in [5.41, 5.74) is 6.67. The average Bonchev–Trinajstić information content (AvgIpc) is 2.27. The Morgan fingerprint density at radius 2 is 1.87 bits per heavy atom. The van der Waals surface area contributed by atoms with E-state index in [2.05, 4.69) is 0 Å². The summed E-state index contributed by atoms with van der Waals surface area (Å²) < 4.78 is 0. The van der Waals surface area contributed by atoms with Gasteiger partial charge in [0, 0.05) is 24.7 Å². The predicted molar refractivity (Wildman–Crippen MR) is 62.4 cm³/mol. The van der Waals surface area contributed by atoms with Gasteiger partial charge in [-0.1, -0.05) is 6.08 Å². The number of carbonyl (C=O) groups excluding carboxylic acids is 1. The Kier molecular flexibility index (Phi) is 4.33. The van der Waals surface area contributed by atoms with Gasteiger partial charge in [0.2, 0.25) is 5.91 Å². The summed E-state index contributed by atoms with van der Waals surface area (Å²) in [6.07, 6.45) is 6.03. The summed E-state index contributed by atoms with van der Waals surface area (Å²) in [6, 6.07) is 0.722. The van der Waals surface area contributed by atoms with Gasteiger partial charge in [-0.2, -0.15) is 0 Å². The Bertz CT molecular complexity index is 252. The summed E-state index contributed by atoms with van der Waals surface area (Å²) in [7, 11) is 1.90. The van der Waals surface area contributed by atoms with E-state index in [0.717, 1.165) is 31.3 Å². The second-order valence-electron chi connectivity index (χ2n) is 4.46. The third kappa shape index (κ3) is 3.06. The van der Waals surface area contributed by atoms with Crippen molar-refractivity contribution < 1.29 is 4.79 Å². The van der Waals surface area contributed by atoms with Crippen LogP contribution in [0.4, 0.5) is 0 Å². The van der Waals surface area contributed by atoms with Gasteiger partial charge in [-0.3, -0.25) is 4.79 Å². The first-order chi connectivity index (χ1) is 7.06. The van der Waals surface area contributed by atoms with E-state index in [1.165, 1.54) is 0 Å². The van der Waals surface area contributed by atoms with Crippen molar-refractivity contribution in [2.24, 2.45) is 5.73 Å². The molecule has 2 N–H and O–H groups in total. The lowest BCUT2D eigenvalue weighted by atomic mass is 9.91. The number of allylic oxidation sites excluding steroid dienone is 1. The fraction of sp³-hybridized carbons (Fsp3) is 0.750. The van der Waals surface area contributed by atoms with Gasteiger partial charge in [0.25, 0.3) is 0 Å². The fourth-order valence-electron chi connectivity index (χ4n) is 2.06. The minimum Gasteiger partial charge on any atom is -0.339 e. The zero-order valence-corrected chi connectivity index (χ0v) is 9.99. The summed E-state index contributed by atoms with van der Waals surface area (Å²) in [5, 5.41) is 0. The SMILES string of the molecule is C/C=C(/C)C(=O)N(C)C1CCC(N)CC1. The van der Waals surface area contributed by atoms with E-state index >= 15 is 0 Å². The highest BCUT2D eigenvalue weighted by atomic mass is 16.2. The van der Waals surface area contributed by atoms with Crippen LogP contribution >= 0.6 is 0 Å². The number of carbonyl (C=O) groups is 1. The smallest absolute Gasteiger partial charge is 0.249 e. The fourth-order valence-corrected chi connectivity index (χ4v) is 2.06. The van der Waals surface area contributed by atoms with Gasteiger partial charge >= 0.3 is 0 Å². The van der Waals surface area contributed by atoms with E-state index in [4.69, 9.17) is 5.73 Å². The highest BCUT2D eigenvalue weighted by molar-refractivity contribution is 5.92. The minimum atomic E-state index is 0.151. The van der Waals surface area contributed by atoms with Crippen LogP contribution in [0.25, 0.3) is 0 Å². The van der Waals surface area contributed by atoms with E-state index in [9.17, 15) is 4.79 Å². The molecule has 15 heavy (non-hydrogen) atoms. The third-order valence-electron chi connectivity index (χ3n) is 3.38. The van der Waals surface area contributed by atoms with Crippen LogP contribution in [0.2, 0.25) is 0 Å². The lowest BCUT2D eigenvalue weighted by molar-refractivity contribution is -0.128. The summed E-state index contributed by atoms with van der Waals surface area (Å²) >= 11 is 0. The summed E-state index contributed by atoms with van der Waals surface area (Å²) in [5.74, 6) is 0.151. The topological polar surface area (TPSA) is 46.3 Å². The lowest BCUT2D eigenvalue weighted by Crippen LogP contribution is -2.42. The van der Waals surface area contributed by atoms with Crippen molar-refractivity contribution >= 4 is 5.91 Å². The van der Waals surface area contributed by atoms with Gasteiger partial charge in [-0.05, 0) is 39.5 Å². The molecule has 0 atom stereocenters. The number of nitrogens with two attached hydrogens (primary N) is 1. The lowest BCUT2D eigenvalue weighted by Gasteiger charge is -2.33. The molecule has 0 aromatic carbocycles. The van der Waals surface area contributed by atoms with Gasteiger partial charge in [0.05, 0.1) is 0 Å². The number of amides is 1. The number of hydrogen-bond donors (Lipinski definition) is 1. The highest BCUT2D eigenvalue weighted by Gasteiger charge is 2.25. The summed E-state index contributed by atoms with van der Waals surface area (Å²) in [6.45, 7) is 3.77. The Labute approximate surface area is 92.3 Å². The summed E-state index contributed by atoms with van der Waals surface area (Å²) in [4.78, 5) is 13.8. The molecule has 0 bridgehead atoms. The maximum absolute atomic E-state index is 11.9. The molecule has 1 aliphatic carbocycles. The van der Waals surface area contributed by atoms with Crippen LogP contribution in [0.15, 0.2) is 11.6 Å². The highest BCUT2D eigenvalue weighted by Crippen LogP contribution is 2.22. The van der Waals surface area contributed by atoms with Gasteiger partial charge in [0.15, 0.2) is 0 Å².